The smallest absolute Gasteiger partial charge is 0.326 e. The average molecular weight is 248 g/mol. The second kappa shape index (κ2) is 7.51. The van der Waals surface area contributed by atoms with Crippen molar-refractivity contribution in [2.24, 2.45) is 11.7 Å². The molecule has 0 bridgehead atoms. The molecule has 5 nitrogen and oxygen atoms in total. The van der Waals surface area contributed by atoms with Gasteiger partial charge in [-0.3, -0.25) is 4.79 Å². The molecule has 0 unspecified atom stereocenters. The Morgan fingerprint density at radius 1 is 1.44 bits per heavy atom. The minimum Gasteiger partial charge on any atom is -0.480 e. The van der Waals surface area contributed by atoms with Crippen LogP contribution < -0.4 is 11.1 Å². The van der Waals surface area contributed by atoms with Gasteiger partial charge in [0.2, 0.25) is 5.91 Å². The Bertz CT molecular complexity index is 246. The highest BCUT2D eigenvalue weighted by Crippen LogP contribution is 2.03. The van der Waals surface area contributed by atoms with E-state index in [1.54, 1.807) is 0 Å². The van der Waals surface area contributed by atoms with E-state index in [1.165, 1.54) is 0 Å². The maximum absolute atomic E-state index is 11.5. The number of aliphatic carboxylic acids is 1. The molecule has 2 atom stereocenters. The van der Waals surface area contributed by atoms with E-state index in [2.05, 4.69) is 17.9 Å². The van der Waals surface area contributed by atoms with Crippen LogP contribution in [0.2, 0.25) is 0 Å². The third-order valence-corrected chi connectivity index (χ3v) is 2.35. The van der Waals surface area contributed by atoms with E-state index < -0.39 is 24.0 Å². The number of rotatable bonds is 7. The highest BCUT2D eigenvalue weighted by molar-refractivity contribution is 7.80. The first kappa shape index (κ1) is 15.2. The highest BCUT2D eigenvalue weighted by Gasteiger charge is 2.22. The molecule has 0 spiro atoms. The van der Waals surface area contributed by atoms with Gasteiger partial charge in [0.15, 0.2) is 0 Å². The van der Waals surface area contributed by atoms with Gasteiger partial charge < -0.3 is 16.2 Å². The summed E-state index contributed by atoms with van der Waals surface area (Å²) in [7, 11) is 0. The van der Waals surface area contributed by atoms with Crippen LogP contribution in [0, 0.1) is 5.92 Å². The van der Waals surface area contributed by atoms with Crippen LogP contribution in [-0.2, 0) is 9.59 Å². The van der Waals surface area contributed by atoms with Crippen molar-refractivity contribution >= 4 is 24.5 Å². The number of nitrogens with two attached hydrogens (primary N) is 1. The summed E-state index contributed by atoms with van der Waals surface area (Å²) in [6.45, 7) is 3.91. The zero-order valence-electron chi connectivity index (χ0n) is 9.64. The Morgan fingerprint density at radius 2 is 2.00 bits per heavy atom. The summed E-state index contributed by atoms with van der Waals surface area (Å²) in [6, 6.07) is -1.55. The molecule has 6 heteroatoms. The summed E-state index contributed by atoms with van der Waals surface area (Å²) < 4.78 is 0. The van der Waals surface area contributed by atoms with E-state index >= 15 is 0 Å². The second-order valence-electron chi connectivity index (χ2n) is 4.15. The van der Waals surface area contributed by atoms with Gasteiger partial charge in [-0.25, -0.2) is 4.79 Å². The molecule has 0 aliphatic rings. The first-order chi connectivity index (χ1) is 7.38. The van der Waals surface area contributed by atoms with Crippen molar-refractivity contribution in [3.8, 4) is 0 Å². The van der Waals surface area contributed by atoms with Crippen LogP contribution in [0.4, 0.5) is 0 Å². The predicted octanol–water partition coefficient (Wildman–Crippen LogP) is 0.249. The van der Waals surface area contributed by atoms with E-state index in [0.29, 0.717) is 24.5 Å². The summed E-state index contributed by atoms with van der Waals surface area (Å²) in [5.41, 5.74) is 5.64. The number of carboxylic acid groups (broad SMARTS) is 1. The average Bonchev–Trinajstić information content (AvgIpc) is 2.15. The van der Waals surface area contributed by atoms with E-state index in [-0.39, 0.29) is 0 Å². The summed E-state index contributed by atoms with van der Waals surface area (Å²) in [6.07, 6.45) is 0.831. The normalized spacial score (nSPS) is 14.6. The lowest BCUT2D eigenvalue weighted by Crippen LogP contribution is -2.48. The van der Waals surface area contributed by atoms with Crippen molar-refractivity contribution < 1.29 is 14.7 Å². The molecule has 0 aromatic rings. The largest absolute Gasteiger partial charge is 0.480 e. The number of thiol groups is 1. The van der Waals surface area contributed by atoms with Gasteiger partial charge in [-0.15, -0.1) is 0 Å². The summed E-state index contributed by atoms with van der Waals surface area (Å²) in [5.74, 6) is -0.771. The van der Waals surface area contributed by atoms with Crippen molar-refractivity contribution in [3.05, 3.63) is 0 Å². The van der Waals surface area contributed by atoms with Gasteiger partial charge in [0.1, 0.15) is 6.04 Å². The summed E-state index contributed by atoms with van der Waals surface area (Å²) in [4.78, 5) is 22.3. The van der Waals surface area contributed by atoms with Gasteiger partial charge in [0, 0.05) is 0 Å². The number of hydrogen-bond acceptors (Lipinski definition) is 4. The lowest BCUT2D eigenvalue weighted by atomic mass is 10.0. The second-order valence-corrected chi connectivity index (χ2v) is 4.59. The molecule has 0 saturated carbocycles. The van der Waals surface area contributed by atoms with E-state index in [4.69, 9.17) is 10.8 Å². The maximum Gasteiger partial charge on any atom is 0.326 e. The third kappa shape index (κ3) is 5.97. The lowest BCUT2D eigenvalue weighted by molar-refractivity contribution is -0.142. The summed E-state index contributed by atoms with van der Waals surface area (Å²) >= 11 is 3.94. The van der Waals surface area contributed by atoms with E-state index in [0.717, 1.165) is 0 Å². The molecule has 0 rings (SSSR count). The fourth-order valence-corrected chi connectivity index (χ4v) is 1.54. The molecule has 0 radical (unpaired) electrons. The standard InChI is InChI=1S/C10H20N2O3S/c1-6(2)5-7(11)9(13)12-8(3-4-16)10(14)15/h6-8,16H,3-5,11H2,1-2H3,(H,12,13)(H,14,15)/t7-,8-/m0/s1. The third-order valence-electron chi connectivity index (χ3n) is 2.09. The Hall–Kier alpha value is -0.750. The number of carbonyl (C=O) groups is 2. The van der Waals surface area contributed by atoms with Gasteiger partial charge in [-0.1, -0.05) is 13.8 Å². The zero-order chi connectivity index (χ0) is 12.7. The molecule has 16 heavy (non-hydrogen) atoms. The molecular weight excluding hydrogens is 228 g/mol. The molecule has 4 N–H and O–H groups in total. The van der Waals surface area contributed by atoms with Gasteiger partial charge >= 0.3 is 5.97 Å². The number of amides is 1. The minimum atomic E-state index is -1.06. The Balaban J connectivity index is 4.23. The van der Waals surface area contributed by atoms with Crippen molar-refractivity contribution in [1.29, 1.82) is 0 Å². The van der Waals surface area contributed by atoms with Crippen molar-refractivity contribution in [3.63, 3.8) is 0 Å². The van der Waals surface area contributed by atoms with Crippen LogP contribution in [0.3, 0.4) is 0 Å². The van der Waals surface area contributed by atoms with Crippen LogP contribution in [-0.4, -0.2) is 34.8 Å². The fraction of sp³-hybridized carbons (Fsp3) is 0.800. The van der Waals surface area contributed by atoms with Crippen LogP contribution in [0.5, 0.6) is 0 Å². The first-order valence-electron chi connectivity index (χ1n) is 5.28. The topological polar surface area (TPSA) is 92.4 Å². The highest BCUT2D eigenvalue weighted by atomic mass is 32.1. The lowest BCUT2D eigenvalue weighted by Gasteiger charge is -2.18. The molecule has 0 aromatic carbocycles. The quantitative estimate of drug-likeness (QED) is 0.486. The molecule has 0 heterocycles. The number of carbonyl (C=O) groups excluding carboxylic acids is 1. The summed E-state index contributed by atoms with van der Waals surface area (Å²) in [5, 5.41) is 11.2. The van der Waals surface area contributed by atoms with Gasteiger partial charge in [-0.05, 0) is 24.5 Å². The molecular formula is C10H20N2O3S. The SMILES string of the molecule is CC(C)C[C@H](N)C(=O)N[C@@H](CCS)C(=O)O. The van der Waals surface area contributed by atoms with Crippen molar-refractivity contribution in [2.75, 3.05) is 5.75 Å². The fourth-order valence-electron chi connectivity index (χ4n) is 1.28. The molecule has 94 valence electrons. The first-order valence-corrected chi connectivity index (χ1v) is 5.91. The molecule has 1 amide bonds. The molecule has 0 aliphatic heterocycles. The van der Waals surface area contributed by atoms with E-state index in [9.17, 15) is 9.59 Å². The van der Waals surface area contributed by atoms with Crippen LogP contribution in [0.15, 0.2) is 0 Å². The van der Waals surface area contributed by atoms with Crippen molar-refractivity contribution in [2.45, 2.75) is 38.8 Å². The van der Waals surface area contributed by atoms with Gasteiger partial charge in [-0.2, -0.15) is 12.6 Å². The predicted molar refractivity (Wildman–Crippen MR) is 65.5 cm³/mol. The number of carboxylic acids is 1. The maximum atomic E-state index is 11.5. The van der Waals surface area contributed by atoms with E-state index in [1.807, 2.05) is 13.8 Å². The van der Waals surface area contributed by atoms with Gasteiger partial charge in [0.05, 0.1) is 6.04 Å². The molecule has 0 saturated heterocycles. The van der Waals surface area contributed by atoms with Crippen LogP contribution in [0.25, 0.3) is 0 Å². The number of hydrogen-bond donors (Lipinski definition) is 4. The molecule has 0 aromatic heterocycles. The molecule has 0 aliphatic carbocycles. The van der Waals surface area contributed by atoms with Crippen LogP contribution >= 0.6 is 12.6 Å². The monoisotopic (exact) mass is 248 g/mol. The molecule has 0 fully saturated rings. The Kier molecular flexibility index (Phi) is 7.16. The zero-order valence-corrected chi connectivity index (χ0v) is 10.5. The van der Waals surface area contributed by atoms with Crippen LogP contribution in [0.1, 0.15) is 26.7 Å². The van der Waals surface area contributed by atoms with Crippen molar-refractivity contribution in [1.82, 2.24) is 5.32 Å². The Labute approximate surface area is 101 Å². The van der Waals surface area contributed by atoms with Gasteiger partial charge in [0.25, 0.3) is 0 Å². The minimum absolute atomic E-state index is 0.290. The number of nitrogens with one attached hydrogen (secondary N) is 1. The Morgan fingerprint density at radius 3 is 2.38 bits per heavy atom.